The van der Waals surface area contributed by atoms with E-state index in [4.69, 9.17) is 5.11 Å². The van der Waals surface area contributed by atoms with Gasteiger partial charge in [-0.05, 0) is 31.5 Å². The molecule has 0 saturated heterocycles. The fraction of sp³-hybridized carbons (Fsp3) is 0.357. The Morgan fingerprint density at radius 3 is 2.48 bits per heavy atom. The molecule has 1 atom stereocenters. The van der Waals surface area contributed by atoms with Gasteiger partial charge in [0.15, 0.2) is 0 Å². The molecule has 2 aromatic heterocycles. The van der Waals surface area contributed by atoms with Crippen LogP contribution in [0.15, 0.2) is 12.1 Å². The van der Waals surface area contributed by atoms with Crippen LogP contribution in [0.2, 0.25) is 0 Å². The molecule has 124 valence electrons. The van der Waals surface area contributed by atoms with E-state index < -0.39 is 29.8 Å². The van der Waals surface area contributed by atoms with Gasteiger partial charge < -0.3 is 10.0 Å². The largest absolute Gasteiger partial charge is 0.480 e. The number of thiophene rings is 1. The van der Waals surface area contributed by atoms with Crippen molar-refractivity contribution in [2.24, 2.45) is 0 Å². The smallest absolute Gasteiger partial charge is 0.433 e. The molecule has 0 spiro atoms. The molecule has 23 heavy (non-hydrogen) atoms. The second kappa shape index (κ2) is 5.80. The molecular formula is C14H13F3N2O3S. The van der Waals surface area contributed by atoms with Crippen molar-refractivity contribution in [3.05, 3.63) is 28.3 Å². The Balaban J connectivity index is 2.48. The summed E-state index contributed by atoms with van der Waals surface area (Å²) < 4.78 is 38.1. The third-order valence-electron chi connectivity index (χ3n) is 3.55. The Labute approximate surface area is 133 Å². The number of aromatic nitrogens is 1. The van der Waals surface area contributed by atoms with Gasteiger partial charge in [0.1, 0.15) is 16.6 Å². The molecule has 0 aliphatic heterocycles. The highest BCUT2D eigenvalue weighted by atomic mass is 32.1. The molecule has 2 heterocycles. The van der Waals surface area contributed by atoms with Gasteiger partial charge in [-0.25, -0.2) is 9.78 Å². The highest BCUT2D eigenvalue weighted by Gasteiger charge is 2.33. The predicted molar refractivity (Wildman–Crippen MR) is 78.6 cm³/mol. The lowest BCUT2D eigenvalue weighted by atomic mass is 10.1. The first-order valence-corrected chi connectivity index (χ1v) is 7.33. The summed E-state index contributed by atoms with van der Waals surface area (Å²) in [6.45, 7) is 2.95. The van der Waals surface area contributed by atoms with Crippen molar-refractivity contribution in [1.29, 1.82) is 0 Å². The summed E-state index contributed by atoms with van der Waals surface area (Å²) in [6, 6.07) is 1.08. The molecule has 0 aliphatic carbocycles. The number of alkyl halides is 3. The number of likely N-dealkylation sites (N-methyl/N-ethyl adjacent to an activating group) is 1. The average Bonchev–Trinajstić information content (AvgIpc) is 2.80. The Bertz CT molecular complexity index is 785. The van der Waals surface area contributed by atoms with Gasteiger partial charge >= 0.3 is 12.1 Å². The first-order chi connectivity index (χ1) is 10.5. The third-order valence-corrected chi connectivity index (χ3v) is 4.74. The molecular weight excluding hydrogens is 333 g/mol. The molecule has 0 saturated carbocycles. The molecule has 0 bridgehead atoms. The summed E-state index contributed by atoms with van der Waals surface area (Å²) >= 11 is 0.824. The number of pyridine rings is 1. The lowest BCUT2D eigenvalue weighted by molar-refractivity contribution is -0.141. The molecule has 9 heteroatoms. The highest BCUT2D eigenvalue weighted by Crippen LogP contribution is 2.34. The number of aliphatic carboxylic acids is 1. The maximum absolute atomic E-state index is 12.7. The topological polar surface area (TPSA) is 70.5 Å². The molecule has 0 fully saturated rings. The fourth-order valence-corrected chi connectivity index (χ4v) is 3.13. The van der Waals surface area contributed by atoms with Gasteiger partial charge in [0.25, 0.3) is 5.91 Å². The van der Waals surface area contributed by atoms with Crippen molar-refractivity contribution < 1.29 is 27.9 Å². The number of aryl methyl sites for hydroxylation is 1. The zero-order valence-corrected chi connectivity index (χ0v) is 13.2. The Hall–Kier alpha value is -2.16. The van der Waals surface area contributed by atoms with Crippen molar-refractivity contribution in [2.45, 2.75) is 26.1 Å². The molecule has 0 aromatic carbocycles. The van der Waals surface area contributed by atoms with Crippen LogP contribution in [0.1, 0.15) is 27.9 Å². The van der Waals surface area contributed by atoms with Crippen molar-refractivity contribution in [1.82, 2.24) is 9.88 Å². The number of hydrogen-bond donors (Lipinski definition) is 1. The Kier molecular flexibility index (Phi) is 4.34. The second-order valence-electron chi connectivity index (χ2n) is 5.03. The van der Waals surface area contributed by atoms with Crippen LogP contribution in [0.25, 0.3) is 10.2 Å². The van der Waals surface area contributed by atoms with E-state index in [9.17, 15) is 22.8 Å². The van der Waals surface area contributed by atoms with E-state index in [1.807, 2.05) is 0 Å². The van der Waals surface area contributed by atoms with Crippen LogP contribution in [0.3, 0.4) is 0 Å². The SMILES string of the molecule is Cc1c(C(=O)N(C)C(C)C(=O)O)sc2nc(C(F)(F)F)ccc12. The summed E-state index contributed by atoms with van der Waals surface area (Å²) in [6.07, 6.45) is -4.56. The maximum atomic E-state index is 12.7. The minimum Gasteiger partial charge on any atom is -0.480 e. The zero-order valence-electron chi connectivity index (χ0n) is 12.4. The monoisotopic (exact) mass is 346 g/mol. The van der Waals surface area contributed by atoms with Gasteiger partial charge in [-0.1, -0.05) is 0 Å². The minimum absolute atomic E-state index is 0.0945. The van der Waals surface area contributed by atoms with Crippen LogP contribution in [0, 0.1) is 6.92 Å². The van der Waals surface area contributed by atoms with E-state index in [0.29, 0.717) is 10.9 Å². The van der Waals surface area contributed by atoms with E-state index in [1.54, 1.807) is 6.92 Å². The summed E-state index contributed by atoms with van der Waals surface area (Å²) in [5.41, 5.74) is -0.543. The van der Waals surface area contributed by atoms with Crippen LogP contribution in [-0.4, -0.2) is 40.0 Å². The standard InChI is InChI=1S/C14H13F3N2O3S/c1-6-8-4-5-9(14(15,16)17)18-11(8)23-10(6)12(20)19(3)7(2)13(21)22/h4-5,7H,1-3H3,(H,21,22). The number of hydrogen-bond acceptors (Lipinski definition) is 4. The normalized spacial score (nSPS) is 13.1. The average molecular weight is 346 g/mol. The number of nitrogens with zero attached hydrogens (tertiary/aromatic N) is 2. The molecule has 0 aliphatic rings. The number of carboxylic acid groups (broad SMARTS) is 1. The van der Waals surface area contributed by atoms with Crippen LogP contribution in [0.5, 0.6) is 0 Å². The molecule has 1 N–H and O–H groups in total. The predicted octanol–water partition coefficient (Wildman–Crippen LogP) is 3.17. The van der Waals surface area contributed by atoms with Gasteiger partial charge in [-0.3, -0.25) is 4.79 Å². The molecule has 0 radical (unpaired) electrons. The summed E-state index contributed by atoms with van der Waals surface area (Å²) in [4.78, 5) is 28.2. The van der Waals surface area contributed by atoms with Crippen molar-refractivity contribution in [2.75, 3.05) is 7.05 Å². The van der Waals surface area contributed by atoms with E-state index in [0.717, 1.165) is 22.3 Å². The van der Waals surface area contributed by atoms with E-state index in [1.165, 1.54) is 20.0 Å². The minimum atomic E-state index is -4.56. The Morgan fingerprint density at radius 2 is 1.96 bits per heavy atom. The van der Waals surface area contributed by atoms with Gasteiger partial charge in [0, 0.05) is 12.4 Å². The van der Waals surface area contributed by atoms with Crippen molar-refractivity contribution in [3.8, 4) is 0 Å². The lowest BCUT2D eigenvalue weighted by Crippen LogP contribution is -2.40. The summed E-state index contributed by atoms with van der Waals surface area (Å²) in [5, 5.41) is 9.40. The molecule has 1 unspecified atom stereocenters. The quantitative estimate of drug-likeness (QED) is 0.927. The number of amides is 1. The lowest BCUT2D eigenvalue weighted by Gasteiger charge is -2.21. The highest BCUT2D eigenvalue weighted by molar-refractivity contribution is 7.20. The van der Waals surface area contributed by atoms with Gasteiger partial charge in [0.2, 0.25) is 0 Å². The molecule has 5 nitrogen and oxygen atoms in total. The number of fused-ring (bicyclic) bond motifs is 1. The first-order valence-electron chi connectivity index (χ1n) is 6.51. The van der Waals surface area contributed by atoms with Crippen LogP contribution in [-0.2, 0) is 11.0 Å². The fourth-order valence-electron chi connectivity index (χ4n) is 1.96. The number of carbonyl (C=O) groups excluding carboxylic acids is 1. The number of rotatable bonds is 3. The first kappa shape index (κ1) is 17.2. The number of carbonyl (C=O) groups is 2. The summed E-state index contributed by atoms with van der Waals surface area (Å²) in [7, 11) is 1.33. The maximum Gasteiger partial charge on any atom is 0.433 e. The third kappa shape index (κ3) is 3.14. The number of carboxylic acids is 1. The van der Waals surface area contributed by atoms with E-state index in [-0.39, 0.29) is 9.71 Å². The molecule has 1 amide bonds. The molecule has 2 aromatic rings. The summed E-state index contributed by atoms with van der Waals surface area (Å²) in [5.74, 6) is -1.73. The van der Waals surface area contributed by atoms with E-state index in [2.05, 4.69) is 4.98 Å². The van der Waals surface area contributed by atoms with Crippen LogP contribution in [0.4, 0.5) is 13.2 Å². The van der Waals surface area contributed by atoms with E-state index >= 15 is 0 Å². The van der Waals surface area contributed by atoms with Gasteiger partial charge in [-0.2, -0.15) is 13.2 Å². The second-order valence-corrected chi connectivity index (χ2v) is 6.03. The van der Waals surface area contributed by atoms with Gasteiger partial charge in [0.05, 0.1) is 4.88 Å². The molecule has 2 rings (SSSR count). The Morgan fingerprint density at radius 1 is 1.35 bits per heavy atom. The van der Waals surface area contributed by atoms with Crippen molar-refractivity contribution in [3.63, 3.8) is 0 Å². The van der Waals surface area contributed by atoms with Crippen molar-refractivity contribution >= 4 is 33.4 Å². The van der Waals surface area contributed by atoms with Crippen LogP contribution >= 0.6 is 11.3 Å². The number of halogens is 3. The van der Waals surface area contributed by atoms with Crippen LogP contribution < -0.4 is 0 Å². The van der Waals surface area contributed by atoms with Gasteiger partial charge in [-0.15, -0.1) is 11.3 Å². The zero-order chi connectivity index (χ0) is 17.5.